The van der Waals surface area contributed by atoms with Gasteiger partial charge in [0.15, 0.2) is 11.6 Å². The number of benzene rings is 3. The van der Waals surface area contributed by atoms with Crippen LogP contribution in [0.15, 0.2) is 42.5 Å². The molecular formula is C20H14F3NO3. The lowest BCUT2D eigenvalue weighted by Crippen LogP contribution is -2.38. The Morgan fingerprint density at radius 2 is 1.70 bits per heavy atom. The lowest BCUT2D eigenvalue weighted by molar-refractivity contribution is 0.0698. The minimum absolute atomic E-state index is 0.109. The van der Waals surface area contributed by atoms with E-state index in [0.29, 0.717) is 28.2 Å². The molecule has 1 aliphatic heterocycles. The number of ether oxygens (including phenoxy) is 1. The summed E-state index contributed by atoms with van der Waals surface area (Å²) in [4.78, 5) is 11.6. The van der Waals surface area contributed by atoms with Gasteiger partial charge in [-0.25, -0.2) is 18.0 Å². The molecule has 3 aromatic carbocycles. The number of carboxylic acid groups (broad SMARTS) is 1. The normalized spacial score (nSPS) is 18.8. The van der Waals surface area contributed by atoms with Crippen molar-refractivity contribution >= 4 is 16.7 Å². The molecule has 0 bridgehead atoms. The summed E-state index contributed by atoms with van der Waals surface area (Å²) < 4.78 is 47.0. The van der Waals surface area contributed by atoms with Gasteiger partial charge in [-0.05, 0) is 29.5 Å². The van der Waals surface area contributed by atoms with Crippen LogP contribution in [0.4, 0.5) is 13.2 Å². The largest absolute Gasteiger partial charge is 0.483 e. The summed E-state index contributed by atoms with van der Waals surface area (Å²) in [7, 11) is 0. The molecular weight excluding hydrogens is 359 g/mol. The third-order valence-electron chi connectivity index (χ3n) is 4.74. The minimum atomic E-state index is -1.29. The number of aromatic carboxylic acids is 1. The van der Waals surface area contributed by atoms with Crippen LogP contribution in [-0.2, 0) is 6.42 Å². The monoisotopic (exact) mass is 373 g/mol. The highest BCUT2D eigenvalue weighted by atomic mass is 19.2. The molecule has 0 amide bonds. The van der Waals surface area contributed by atoms with E-state index in [-0.39, 0.29) is 17.5 Å². The number of halogens is 3. The predicted molar refractivity (Wildman–Crippen MR) is 92.3 cm³/mol. The molecule has 2 atom stereocenters. The minimum Gasteiger partial charge on any atom is -0.483 e. The van der Waals surface area contributed by atoms with E-state index >= 15 is 0 Å². The van der Waals surface area contributed by atoms with E-state index in [4.69, 9.17) is 10.5 Å². The van der Waals surface area contributed by atoms with Gasteiger partial charge in [0.05, 0.1) is 11.6 Å². The molecule has 1 aliphatic rings. The van der Waals surface area contributed by atoms with Gasteiger partial charge in [-0.15, -0.1) is 0 Å². The molecule has 0 aromatic heterocycles. The van der Waals surface area contributed by atoms with Gasteiger partial charge in [0.2, 0.25) is 0 Å². The van der Waals surface area contributed by atoms with E-state index in [1.165, 1.54) is 6.07 Å². The van der Waals surface area contributed by atoms with Crippen LogP contribution in [0.1, 0.15) is 27.6 Å². The maximum absolute atomic E-state index is 14.2. The molecule has 0 fully saturated rings. The quantitative estimate of drug-likeness (QED) is 0.667. The van der Waals surface area contributed by atoms with Gasteiger partial charge in [0.25, 0.3) is 0 Å². The first-order valence-corrected chi connectivity index (χ1v) is 8.21. The molecule has 0 saturated heterocycles. The smallest absolute Gasteiger partial charge is 0.336 e. The Kier molecular flexibility index (Phi) is 4.04. The molecule has 0 radical (unpaired) electrons. The van der Waals surface area contributed by atoms with Crippen molar-refractivity contribution < 1.29 is 27.8 Å². The molecule has 0 saturated carbocycles. The van der Waals surface area contributed by atoms with E-state index in [0.717, 1.165) is 6.07 Å². The third kappa shape index (κ3) is 2.80. The summed E-state index contributed by atoms with van der Waals surface area (Å²) in [6.07, 6.45) is -0.838. The van der Waals surface area contributed by atoms with Crippen LogP contribution < -0.4 is 10.5 Å². The molecule has 1 unspecified atom stereocenters. The second-order valence-electron chi connectivity index (χ2n) is 6.46. The van der Waals surface area contributed by atoms with Gasteiger partial charge >= 0.3 is 5.97 Å². The summed E-state index contributed by atoms with van der Waals surface area (Å²) in [6.45, 7) is 0. The Balaban J connectivity index is 1.88. The average molecular weight is 373 g/mol. The fraction of sp³-hybridized carbons (Fsp3) is 0.150. The van der Waals surface area contributed by atoms with Crippen molar-refractivity contribution in [1.29, 1.82) is 0 Å². The Labute approximate surface area is 152 Å². The number of hydrogen-bond acceptors (Lipinski definition) is 3. The number of carboxylic acids is 1. The molecule has 1 heterocycles. The van der Waals surface area contributed by atoms with Gasteiger partial charge in [-0.2, -0.15) is 0 Å². The van der Waals surface area contributed by atoms with Crippen molar-refractivity contribution in [2.75, 3.05) is 0 Å². The van der Waals surface area contributed by atoms with Crippen LogP contribution in [0, 0.1) is 17.5 Å². The van der Waals surface area contributed by atoms with Gasteiger partial charge < -0.3 is 15.6 Å². The molecule has 27 heavy (non-hydrogen) atoms. The number of rotatable bonds is 2. The maximum atomic E-state index is 14.2. The SMILES string of the molecule is N[C@H]1Cc2cc(C(=O)O)c3ccccc3c2OC1c1cc(F)c(F)cc1F. The molecule has 0 aliphatic carbocycles. The first-order chi connectivity index (χ1) is 12.9. The van der Waals surface area contributed by atoms with Crippen LogP contribution in [-0.4, -0.2) is 17.1 Å². The molecule has 4 nitrogen and oxygen atoms in total. The second kappa shape index (κ2) is 6.28. The van der Waals surface area contributed by atoms with Crippen molar-refractivity contribution in [3.05, 3.63) is 76.6 Å². The lowest BCUT2D eigenvalue weighted by atomic mass is 9.89. The Morgan fingerprint density at radius 1 is 1.04 bits per heavy atom. The summed E-state index contributed by atoms with van der Waals surface area (Å²) in [5.74, 6) is -4.16. The lowest BCUT2D eigenvalue weighted by Gasteiger charge is -2.33. The molecule has 4 rings (SSSR count). The number of hydrogen-bond donors (Lipinski definition) is 2. The van der Waals surface area contributed by atoms with E-state index in [2.05, 4.69) is 0 Å². The molecule has 3 aromatic rings. The van der Waals surface area contributed by atoms with Crippen molar-refractivity contribution in [3.63, 3.8) is 0 Å². The summed E-state index contributed by atoms with van der Waals surface area (Å²) >= 11 is 0. The maximum Gasteiger partial charge on any atom is 0.336 e. The number of fused-ring (bicyclic) bond motifs is 3. The summed E-state index contributed by atoms with van der Waals surface area (Å²) in [6, 6.07) is 8.68. The second-order valence-corrected chi connectivity index (χ2v) is 6.46. The Hall–Kier alpha value is -3.06. The topological polar surface area (TPSA) is 72.6 Å². The molecule has 0 spiro atoms. The fourth-order valence-electron chi connectivity index (χ4n) is 3.50. The Bertz CT molecular complexity index is 1080. The standard InChI is InChI=1S/C20H14F3NO3/c21-14-8-16(23)15(22)7-13(14)19-17(24)6-9-5-12(20(25)26)10-3-1-2-4-11(10)18(9)27-19/h1-5,7-8,17,19H,6,24H2,(H,25,26)/t17-,19?/m0/s1. The molecule has 138 valence electrons. The van der Waals surface area contributed by atoms with Crippen molar-refractivity contribution in [2.24, 2.45) is 5.73 Å². The Morgan fingerprint density at radius 3 is 2.41 bits per heavy atom. The highest BCUT2D eigenvalue weighted by molar-refractivity contribution is 6.06. The highest BCUT2D eigenvalue weighted by Gasteiger charge is 2.33. The summed E-state index contributed by atoms with van der Waals surface area (Å²) in [5, 5.41) is 10.5. The highest BCUT2D eigenvalue weighted by Crippen LogP contribution is 2.41. The summed E-state index contributed by atoms with van der Waals surface area (Å²) in [5.41, 5.74) is 6.59. The van der Waals surface area contributed by atoms with Crippen molar-refractivity contribution in [3.8, 4) is 5.75 Å². The van der Waals surface area contributed by atoms with Gasteiger partial charge in [0, 0.05) is 17.0 Å². The third-order valence-corrected chi connectivity index (χ3v) is 4.74. The fourth-order valence-corrected chi connectivity index (χ4v) is 3.50. The number of nitrogens with two attached hydrogens (primary N) is 1. The van der Waals surface area contributed by atoms with Crippen LogP contribution in [0.3, 0.4) is 0 Å². The van der Waals surface area contributed by atoms with Gasteiger partial charge in [0.1, 0.15) is 17.7 Å². The predicted octanol–water partition coefficient (Wildman–Crippen LogP) is 3.96. The van der Waals surface area contributed by atoms with Crippen LogP contribution in [0.25, 0.3) is 10.8 Å². The number of carbonyl (C=O) groups is 1. The zero-order valence-corrected chi connectivity index (χ0v) is 13.9. The van der Waals surface area contributed by atoms with E-state index in [1.807, 2.05) is 0 Å². The van der Waals surface area contributed by atoms with E-state index in [9.17, 15) is 23.1 Å². The van der Waals surface area contributed by atoms with Crippen LogP contribution in [0.2, 0.25) is 0 Å². The van der Waals surface area contributed by atoms with E-state index in [1.54, 1.807) is 24.3 Å². The first kappa shape index (κ1) is 17.4. The van der Waals surface area contributed by atoms with Crippen LogP contribution >= 0.6 is 0 Å². The average Bonchev–Trinajstić information content (AvgIpc) is 2.63. The zero-order chi connectivity index (χ0) is 19.3. The van der Waals surface area contributed by atoms with Crippen molar-refractivity contribution in [1.82, 2.24) is 0 Å². The zero-order valence-electron chi connectivity index (χ0n) is 13.9. The van der Waals surface area contributed by atoms with Gasteiger partial charge in [-0.1, -0.05) is 24.3 Å². The molecule has 3 N–H and O–H groups in total. The van der Waals surface area contributed by atoms with E-state index < -0.39 is 35.6 Å². The van der Waals surface area contributed by atoms with Gasteiger partial charge in [-0.3, -0.25) is 0 Å². The molecule has 7 heteroatoms. The van der Waals surface area contributed by atoms with Crippen LogP contribution in [0.5, 0.6) is 5.75 Å². The first-order valence-electron chi connectivity index (χ1n) is 8.21. The van der Waals surface area contributed by atoms with Crippen molar-refractivity contribution in [2.45, 2.75) is 18.6 Å².